The van der Waals surface area contributed by atoms with Crippen molar-refractivity contribution in [1.82, 2.24) is 14.4 Å². The zero-order chi connectivity index (χ0) is 21.8. The first-order valence-corrected chi connectivity index (χ1v) is 12.2. The maximum atomic E-state index is 6.28. The maximum absolute atomic E-state index is 6.28. The largest absolute Gasteiger partial charge is 1.00 e. The van der Waals surface area contributed by atoms with Gasteiger partial charge in [0.25, 0.3) is 0 Å². The number of para-hydroxylation sites is 1. The van der Waals surface area contributed by atoms with E-state index < -0.39 is 0 Å². The average molecular weight is 569 g/mol. The normalized spacial score (nSPS) is 16.0. The molecule has 0 aliphatic carbocycles. The van der Waals surface area contributed by atoms with E-state index in [9.17, 15) is 0 Å². The van der Waals surface area contributed by atoms with Gasteiger partial charge >= 0.3 is 0 Å². The summed E-state index contributed by atoms with van der Waals surface area (Å²) in [6, 6.07) is 15.0. The molecule has 0 unspecified atom stereocenters. The number of quaternary nitrogens is 1. The van der Waals surface area contributed by atoms with E-state index in [1.54, 1.807) is 0 Å². The molecule has 1 aliphatic rings. The number of benzene rings is 2. The second kappa shape index (κ2) is 11.5. The van der Waals surface area contributed by atoms with Crippen molar-refractivity contribution in [3.8, 4) is 0 Å². The Morgan fingerprint density at radius 1 is 0.750 bits per heavy atom. The molecule has 2 heterocycles. The fourth-order valence-electron chi connectivity index (χ4n) is 4.73. The molecule has 0 radical (unpaired) electrons. The second-order valence-corrected chi connectivity index (χ2v) is 10.5. The third-order valence-electron chi connectivity index (χ3n) is 6.64. The van der Waals surface area contributed by atoms with Gasteiger partial charge in [-0.3, -0.25) is 4.90 Å². The fraction of sp³-hybridized carbons (Fsp3) is 0.538. The zero-order valence-corrected chi connectivity index (χ0v) is 22.8. The molecular formula is C26H38ClIN4. The molecule has 0 spiro atoms. The van der Waals surface area contributed by atoms with E-state index in [1.807, 2.05) is 6.07 Å². The maximum Gasteiger partial charge on any atom is 0.0909 e. The molecule has 32 heavy (non-hydrogen) atoms. The molecule has 1 fully saturated rings. The summed E-state index contributed by atoms with van der Waals surface area (Å²) in [6.45, 7) is 9.68. The van der Waals surface area contributed by atoms with Crippen LogP contribution < -0.4 is 24.0 Å². The quantitative estimate of drug-likeness (QED) is 0.222. The Bertz CT molecular complexity index is 1000. The highest BCUT2D eigenvalue weighted by molar-refractivity contribution is 6.31. The average Bonchev–Trinajstić information content (AvgIpc) is 3.05. The number of unbranched alkanes of at least 4 members (excludes halogenated alkanes) is 2. The van der Waals surface area contributed by atoms with Crippen molar-refractivity contribution in [3.63, 3.8) is 0 Å². The predicted octanol–water partition coefficient (Wildman–Crippen LogP) is 1.95. The number of aromatic nitrogens is 1. The smallest absolute Gasteiger partial charge is 0.0909 e. The Hall–Kier alpha value is -0.860. The van der Waals surface area contributed by atoms with Crippen molar-refractivity contribution in [2.75, 3.05) is 67.0 Å². The van der Waals surface area contributed by atoms with Crippen LogP contribution in [0.4, 0.5) is 0 Å². The minimum Gasteiger partial charge on any atom is -1.00 e. The molecule has 3 aromatic rings. The number of aryl methyl sites for hydroxylation is 1. The van der Waals surface area contributed by atoms with Crippen LogP contribution in [0.25, 0.3) is 21.8 Å². The Labute approximate surface area is 215 Å². The van der Waals surface area contributed by atoms with Gasteiger partial charge in [-0.2, -0.15) is 0 Å². The van der Waals surface area contributed by atoms with Gasteiger partial charge in [0.1, 0.15) is 0 Å². The zero-order valence-electron chi connectivity index (χ0n) is 19.9. The number of likely N-dealkylation sites (N-methyl/N-ethyl adjacent to an activating group) is 1. The van der Waals surface area contributed by atoms with Crippen molar-refractivity contribution < 1.29 is 28.5 Å². The molecular weight excluding hydrogens is 531 g/mol. The summed E-state index contributed by atoms with van der Waals surface area (Å²) in [6.07, 6.45) is 3.80. The van der Waals surface area contributed by atoms with Gasteiger partial charge in [0, 0.05) is 66.1 Å². The fourth-order valence-corrected chi connectivity index (χ4v) is 4.90. The monoisotopic (exact) mass is 568 g/mol. The Kier molecular flexibility index (Phi) is 9.27. The molecule has 176 valence electrons. The van der Waals surface area contributed by atoms with E-state index in [1.165, 1.54) is 86.9 Å². The van der Waals surface area contributed by atoms with Gasteiger partial charge in [-0.05, 0) is 43.7 Å². The van der Waals surface area contributed by atoms with Crippen LogP contribution in [0.2, 0.25) is 5.02 Å². The first-order chi connectivity index (χ1) is 14.9. The van der Waals surface area contributed by atoms with Gasteiger partial charge in [0.2, 0.25) is 0 Å². The van der Waals surface area contributed by atoms with Crippen molar-refractivity contribution in [1.29, 1.82) is 0 Å². The highest BCUT2D eigenvalue weighted by Gasteiger charge is 2.18. The third-order valence-corrected chi connectivity index (χ3v) is 6.88. The van der Waals surface area contributed by atoms with Gasteiger partial charge in [0.05, 0.1) is 27.7 Å². The van der Waals surface area contributed by atoms with Crippen LogP contribution in [0, 0.1) is 0 Å². The van der Waals surface area contributed by atoms with Crippen LogP contribution in [0.15, 0.2) is 42.5 Å². The number of piperazine rings is 1. The molecule has 0 amide bonds. The summed E-state index contributed by atoms with van der Waals surface area (Å²) in [5.74, 6) is 0. The standard InChI is InChI=1S/C26H38ClN4.HI/c1-31(2,3)20-19-29-17-15-28(16-18-29)13-7-4-8-14-30-25-10-6-5-9-23(25)24-21-22(27)11-12-26(24)30;/h5-6,9-12,21H,4,7-8,13-20H2,1-3H3;1H/q+1;/p-1. The predicted molar refractivity (Wildman–Crippen MR) is 134 cm³/mol. The lowest BCUT2D eigenvalue weighted by atomic mass is 10.2. The molecule has 1 aromatic heterocycles. The van der Waals surface area contributed by atoms with Gasteiger partial charge < -0.3 is 37.9 Å². The first-order valence-electron chi connectivity index (χ1n) is 11.8. The SMILES string of the molecule is C[N+](C)(C)CCN1CCN(CCCCCn2c3ccccc3c3cc(Cl)ccc32)CC1.[I-]. The minimum atomic E-state index is 0. The molecule has 2 aromatic carbocycles. The summed E-state index contributed by atoms with van der Waals surface area (Å²) in [5, 5.41) is 3.39. The lowest BCUT2D eigenvalue weighted by molar-refractivity contribution is -0.869. The molecule has 0 N–H and O–H groups in total. The molecule has 6 heteroatoms. The topological polar surface area (TPSA) is 11.4 Å². The van der Waals surface area contributed by atoms with E-state index >= 15 is 0 Å². The van der Waals surface area contributed by atoms with E-state index in [-0.39, 0.29) is 24.0 Å². The summed E-state index contributed by atoms with van der Waals surface area (Å²) >= 11 is 6.28. The Balaban J connectivity index is 0.00000289. The second-order valence-electron chi connectivity index (χ2n) is 10.1. The van der Waals surface area contributed by atoms with Crippen LogP contribution in [0.3, 0.4) is 0 Å². The minimum absolute atomic E-state index is 0. The number of hydrogen-bond acceptors (Lipinski definition) is 2. The van der Waals surface area contributed by atoms with Crippen molar-refractivity contribution in [2.24, 2.45) is 0 Å². The van der Waals surface area contributed by atoms with Crippen LogP contribution in [0.5, 0.6) is 0 Å². The lowest BCUT2D eigenvalue weighted by Gasteiger charge is -2.36. The van der Waals surface area contributed by atoms with Crippen molar-refractivity contribution >= 4 is 33.4 Å². The number of hydrogen-bond donors (Lipinski definition) is 0. The Morgan fingerprint density at radius 2 is 1.38 bits per heavy atom. The van der Waals surface area contributed by atoms with E-state index in [2.05, 4.69) is 71.9 Å². The first kappa shape index (κ1) is 25.8. The van der Waals surface area contributed by atoms with Crippen molar-refractivity contribution in [3.05, 3.63) is 47.5 Å². The van der Waals surface area contributed by atoms with Gasteiger partial charge in [-0.15, -0.1) is 0 Å². The van der Waals surface area contributed by atoms with Crippen LogP contribution in [-0.2, 0) is 6.54 Å². The van der Waals surface area contributed by atoms with Crippen LogP contribution in [-0.4, -0.2) is 85.8 Å². The highest BCUT2D eigenvalue weighted by Crippen LogP contribution is 2.31. The van der Waals surface area contributed by atoms with Gasteiger partial charge in [-0.25, -0.2) is 0 Å². The number of halogens is 2. The van der Waals surface area contributed by atoms with Crippen LogP contribution in [0.1, 0.15) is 19.3 Å². The van der Waals surface area contributed by atoms with E-state index in [0.29, 0.717) is 0 Å². The van der Waals surface area contributed by atoms with E-state index in [0.717, 1.165) is 16.1 Å². The summed E-state index contributed by atoms with van der Waals surface area (Å²) in [5.41, 5.74) is 2.63. The molecule has 0 saturated carbocycles. The molecule has 4 nitrogen and oxygen atoms in total. The summed E-state index contributed by atoms with van der Waals surface area (Å²) < 4.78 is 3.53. The summed E-state index contributed by atoms with van der Waals surface area (Å²) in [7, 11) is 6.85. The number of rotatable bonds is 9. The van der Waals surface area contributed by atoms with Crippen molar-refractivity contribution in [2.45, 2.75) is 25.8 Å². The third kappa shape index (κ3) is 6.60. The molecule has 1 aliphatic heterocycles. The van der Waals surface area contributed by atoms with Gasteiger partial charge in [-0.1, -0.05) is 36.2 Å². The molecule has 0 bridgehead atoms. The number of nitrogens with zero attached hydrogens (tertiary/aromatic N) is 4. The summed E-state index contributed by atoms with van der Waals surface area (Å²) in [4.78, 5) is 5.29. The highest BCUT2D eigenvalue weighted by atomic mass is 127. The molecule has 1 saturated heterocycles. The van der Waals surface area contributed by atoms with Crippen LogP contribution >= 0.6 is 11.6 Å². The Morgan fingerprint density at radius 3 is 2.09 bits per heavy atom. The molecule has 0 atom stereocenters. The lowest BCUT2D eigenvalue weighted by Crippen LogP contribution is -3.00. The van der Waals surface area contributed by atoms with Gasteiger partial charge in [0.15, 0.2) is 0 Å². The van der Waals surface area contributed by atoms with E-state index in [4.69, 9.17) is 11.6 Å². The number of fused-ring (bicyclic) bond motifs is 3. The molecule has 4 rings (SSSR count).